The lowest BCUT2D eigenvalue weighted by Crippen LogP contribution is -2.15. The van der Waals surface area contributed by atoms with Crippen LogP contribution >= 0.6 is 0 Å². The lowest BCUT2D eigenvalue weighted by molar-refractivity contribution is 0.231. The largest absolute Gasteiger partial charge is 0.477 e. The second-order valence-corrected chi connectivity index (χ2v) is 6.38. The first kappa shape index (κ1) is 15.9. The van der Waals surface area contributed by atoms with Gasteiger partial charge in [0.05, 0.1) is 24.6 Å². The Hall–Kier alpha value is -3.36. The van der Waals surface area contributed by atoms with Gasteiger partial charge in [-0.25, -0.2) is 23.4 Å². The number of aromatic nitrogens is 6. The summed E-state index contributed by atoms with van der Waals surface area (Å²) in [5, 5.41) is 12.2. The molecule has 0 spiro atoms. The summed E-state index contributed by atoms with van der Waals surface area (Å²) in [6.07, 6.45) is 3.43. The Kier molecular flexibility index (Phi) is 3.43. The molecular formula is C18H14F2N6O. The molecule has 0 saturated carbocycles. The van der Waals surface area contributed by atoms with Gasteiger partial charge in [0, 0.05) is 35.7 Å². The van der Waals surface area contributed by atoms with Gasteiger partial charge in [-0.2, -0.15) is 10.2 Å². The number of halogens is 2. The predicted molar refractivity (Wildman–Crippen MR) is 93.1 cm³/mol. The zero-order chi connectivity index (χ0) is 18.5. The lowest BCUT2D eigenvalue weighted by atomic mass is 10.0. The van der Waals surface area contributed by atoms with E-state index in [1.165, 1.54) is 0 Å². The van der Waals surface area contributed by atoms with Crippen molar-refractivity contribution in [2.24, 2.45) is 0 Å². The van der Waals surface area contributed by atoms with E-state index >= 15 is 0 Å². The van der Waals surface area contributed by atoms with Crippen LogP contribution in [0.4, 0.5) is 8.78 Å². The second kappa shape index (κ2) is 5.83. The molecule has 5 rings (SSSR count). The molecule has 1 aliphatic heterocycles. The average Bonchev–Trinajstić information content (AvgIpc) is 3.25. The van der Waals surface area contributed by atoms with Gasteiger partial charge in [-0.05, 0) is 13.0 Å². The molecule has 0 aromatic carbocycles. The maximum Gasteiger partial charge on any atom is 0.220 e. The van der Waals surface area contributed by atoms with Gasteiger partial charge in [0.15, 0.2) is 11.5 Å². The molecule has 0 radical (unpaired) electrons. The number of H-pyrrole nitrogens is 1. The predicted octanol–water partition coefficient (Wildman–Crippen LogP) is 3.25. The normalized spacial score (nSPS) is 13.6. The highest BCUT2D eigenvalue weighted by molar-refractivity contribution is 5.98. The van der Waals surface area contributed by atoms with Crippen molar-refractivity contribution in [3.8, 4) is 28.4 Å². The third-order valence-electron chi connectivity index (χ3n) is 4.51. The molecule has 0 unspecified atom stereocenters. The Balaban J connectivity index is 1.85. The van der Waals surface area contributed by atoms with Gasteiger partial charge < -0.3 is 4.74 Å². The van der Waals surface area contributed by atoms with Crippen LogP contribution < -0.4 is 4.74 Å². The van der Waals surface area contributed by atoms with E-state index in [1.807, 2.05) is 13.0 Å². The lowest BCUT2D eigenvalue weighted by Gasteiger charge is -2.16. The molecular weight excluding hydrogens is 354 g/mol. The summed E-state index contributed by atoms with van der Waals surface area (Å²) in [5.74, 6) is -0.981. The fourth-order valence-corrected chi connectivity index (χ4v) is 3.39. The molecule has 136 valence electrons. The molecule has 1 N–H and O–H groups in total. The van der Waals surface area contributed by atoms with Crippen LogP contribution in [0.25, 0.3) is 33.5 Å². The molecule has 0 aliphatic carbocycles. The summed E-state index contributed by atoms with van der Waals surface area (Å²) < 4.78 is 35.4. The molecule has 5 heterocycles. The van der Waals surface area contributed by atoms with Crippen LogP contribution in [0, 0.1) is 18.6 Å². The second-order valence-electron chi connectivity index (χ2n) is 6.38. The number of hydrogen-bond donors (Lipinski definition) is 1. The summed E-state index contributed by atoms with van der Waals surface area (Å²) in [4.78, 5) is 8.37. The van der Waals surface area contributed by atoms with Crippen molar-refractivity contribution in [2.45, 2.75) is 19.9 Å². The van der Waals surface area contributed by atoms with Crippen LogP contribution in [0.15, 0.2) is 24.5 Å². The molecule has 27 heavy (non-hydrogen) atoms. The van der Waals surface area contributed by atoms with Crippen LogP contribution in [-0.2, 0) is 6.54 Å². The first-order valence-electron chi connectivity index (χ1n) is 8.48. The minimum Gasteiger partial charge on any atom is -0.477 e. The standard InChI is InChI=1S/C18H14F2N6O/c1-9-5-11(12-8-22-24-17(12)23-9)14-16(15-13(20)6-10(19)7-21-15)25-26-3-2-4-27-18(14)26/h5-8H,2-4H2,1H3,(H,22,23,24). The van der Waals surface area contributed by atoms with Gasteiger partial charge in [-0.15, -0.1) is 0 Å². The van der Waals surface area contributed by atoms with E-state index in [-0.39, 0.29) is 5.69 Å². The summed E-state index contributed by atoms with van der Waals surface area (Å²) in [6.45, 7) is 3.04. The van der Waals surface area contributed by atoms with Gasteiger partial charge in [0.2, 0.25) is 5.88 Å². The minimum atomic E-state index is -0.777. The van der Waals surface area contributed by atoms with Crippen molar-refractivity contribution in [1.82, 2.24) is 29.9 Å². The molecule has 9 heteroatoms. The molecule has 0 bridgehead atoms. The Morgan fingerprint density at radius 3 is 2.93 bits per heavy atom. The number of pyridine rings is 2. The van der Waals surface area contributed by atoms with E-state index < -0.39 is 11.6 Å². The van der Waals surface area contributed by atoms with Crippen LogP contribution in [0.5, 0.6) is 5.88 Å². The number of rotatable bonds is 2. The molecule has 0 amide bonds. The fourth-order valence-electron chi connectivity index (χ4n) is 3.39. The third kappa shape index (κ3) is 2.46. The summed E-state index contributed by atoms with van der Waals surface area (Å²) in [6, 6.07) is 2.68. The van der Waals surface area contributed by atoms with Gasteiger partial charge >= 0.3 is 0 Å². The highest BCUT2D eigenvalue weighted by atomic mass is 19.1. The number of nitrogens with zero attached hydrogens (tertiary/aromatic N) is 5. The van der Waals surface area contributed by atoms with E-state index in [2.05, 4.69) is 25.3 Å². The van der Waals surface area contributed by atoms with E-state index in [4.69, 9.17) is 4.74 Å². The maximum absolute atomic E-state index is 14.5. The topological polar surface area (TPSA) is 81.5 Å². The van der Waals surface area contributed by atoms with E-state index in [0.29, 0.717) is 35.9 Å². The van der Waals surface area contributed by atoms with E-state index in [0.717, 1.165) is 35.3 Å². The molecule has 7 nitrogen and oxygen atoms in total. The molecule has 0 saturated heterocycles. The number of hydrogen-bond acceptors (Lipinski definition) is 5. The highest BCUT2D eigenvalue weighted by Gasteiger charge is 2.28. The molecule has 0 atom stereocenters. The molecule has 4 aromatic rings. The molecule has 0 fully saturated rings. The number of ether oxygens (including phenoxy) is 1. The van der Waals surface area contributed by atoms with Crippen molar-refractivity contribution in [1.29, 1.82) is 0 Å². The monoisotopic (exact) mass is 368 g/mol. The zero-order valence-electron chi connectivity index (χ0n) is 14.3. The highest BCUT2D eigenvalue weighted by Crippen LogP contribution is 2.43. The Labute approximate surface area is 152 Å². The van der Waals surface area contributed by atoms with Crippen molar-refractivity contribution in [2.75, 3.05) is 6.61 Å². The summed E-state index contributed by atoms with van der Waals surface area (Å²) >= 11 is 0. The molecule has 1 aliphatic rings. The van der Waals surface area contributed by atoms with Crippen molar-refractivity contribution in [3.63, 3.8) is 0 Å². The van der Waals surface area contributed by atoms with Crippen LogP contribution in [0.1, 0.15) is 12.1 Å². The van der Waals surface area contributed by atoms with Crippen LogP contribution in [0.2, 0.25) is 0 Å². The first-order chi connectivity index (χ1) is 13.1. The summed E-state index contributed by atoms with van der Waals surface area (Å²) in [5.41, 5.74) is 3.01. The Morgan fingerprint density at radius 2 is 2.07 bits per heavy atom. The summed E-state index contributed by atoms with van der Waals surface area (Å²) in [7, 11) is 0. The SMILES string of the molecule is Cc1cc(-c2c(-c3ncc(F)cc3F)nn3c2OCCC3)c2cn[nH]c2n1. The van der Waals surface area contributed by atoms with Crippen LogP contribution in [0.3, 0.4) is 0 Å². The van der Waals surface area contributed by atoms with Crippen LogP contribution in [-0.4, -0.2) is 36.6 Å². The Bertz CT molecular complexity index is 1180. The Morgan fingerprint density at radius 1 is 1.19 bits per heavy atom. The van der Waals surface area contributed by atoms with E-state index in [9.17, 15) is 8.78 Å². The average molecular weight is 368 g/mol. The maximum atomic E-state index is 14.5. The first-order valence-corrected chi connectivity index (χ1v) is 8.48. The fraction of sp³-hybridized carbons (Fsp3) is 0.222. The van der Waals surface area contributed by atoms with Gasteiger partial charge in [0.25, 0.3) is 0 Å². The number of aryl methyl sites for hydroxylation is 2. The number of fused-ring (bicyclic) bond motifs is 2. The van der Waals surface area contributed by atoms with Crippen molar-refractivity contribution >= 4 is 11.0 Å². The quantitative estimate of drug-likeness (QED) is 0.587. The van der Waals surface area contributed by atoms with Crippen molar-refractivity contribution in [3.05, 3.63) is 41.9 Å². The number of aromatic amines is 1. The minimum absolute atomic E-state index is 0.0250. The molecule has 4 aromatic heterocycles. The van der Waals surface area contributed by atoms with E-state index in [1.54, 1.807) is 10.9 Å². The van der Waals surface area contributed by atoms with Gasteiger partial charge in [-0.3, -0.25) is 5.10 Å². The zero-order valence-corrected chi connectivity index (χ0v) is 14.3. The van der Waals surface area contributed by atoms with Gasteiger partial charge in [0.1, 0.15) is 17.2 Å². The smallest absolute Gasteiger partial charge is 0.220 e. The van der Waals surface area contributed by atoms with Gasteiger partial charge in [-0.1, -0.05) is 0 Å². The van der Waals surface area contributed by atoms with Crippen molar-refractivity contribution < 1.29 is 13.5 Å². The number of nitrogens with one attached hydrogen (secondary N) is 1. The third-order valence-corrected chi connectivity index (χ3v) is 4.51.